The molecule has 5 nitrogen and oxygen atoms in total. The van der Waals surface area contributed by atoms with Crippen LogP contribution in [0, 0.1) is 5.82 Å². The molecule has 0 radical (unpaired) electrons. The van der Waals surface area contributed by atoms with Gasteiger partial charge in [-0.15, -0.1) is 0 Å². The zero-order valence-corrected chi connectivity index (χ0v) is 15.0. The van der Waals surface area contributed by atoms with Crippen LogP contribution in [0.25, 0.3) is 0 Å². The number of methoxy groups -OCH3 is 1. The normalized spacial score (nSPS) is 21.6. The van der Waals surface area contributed by atoms with E-state index in [1.807, 2.05) is 0 Å². The van der Waals surface area contributed by atoms with Gasteiger partial charge in [0.15, 0.2) is 0 Å². The molecule has 2 aliphatic rings. The summed E-state index contributed by atoms with van der Waals surface area (Å²) in [6.45, 7) is 0.239. The lowest BCUT2D eigenvalue weighted by atomic mass is 10.0. The Balaban J connectivity index is 1.41. The van der Waals surface area contributed by atoms with Crippen molar-refractivity contribution >= 4 is 11.8 Å². The molecule has 2 aromatic rings. The number of fused-ring (bicyclic) bond motifs is 1. The predicted molar refractivity (Wildman–Crippen MR) is 96.4 cm³/mol. The Morgan fingerprint density at radius 3 is 2.41 bits per heavy atom. The monoisotopic (exact) mass is 369 g/mol. The molecule has 0 spiro atoms. The predicted octanol–water partition coefficient (Wildman–Crippen LogP) is 3.22. The highest BCUT2D eigenvalue weighted by Gasteiger charge is 2.38. The minimum absolute atomic E-state index is 0.0964. The zero-order valence-electron chi connectivity index (χ0n) is 15.0. The second kappa shape index (κ2) is 7.12. The molecule has 2 aromatic carbocycles. The molecule has 0 aliphatic carbocycles. The fourth-order valence-electron chi connectivity index (χ4n) is 3.83. The average Bonchev–Trinajstić information content (AvgIpc) is 3.21. The number of benzene rings is 2. The van der Waals surface area contributed by atoms with Gasteiger partial charge in [-0.25, -0.2) is 4.39 Å². The number of carbonyl (C=O) groups excluding carboxylic acids is 2. The highest BCUT2D eigenvalue weighted by molar-refractivity contribution is 6.21. The van der Waals surface area contributed by atoms with Gasteiger partial charge in [-0.3, -0.25) is 14.5 Å². The van der Waals surface area contributed by atoms with Crippen molar-refractivity contribution in [1.29, 1.82) is 0 Å². The maximum atomic E-state index is 13.5. The SMILES string of the molecule is COc1ccc(F)cc1CC1CCC(CN2C(=O)c3ccccc3C2=O)O1. The van der Waals surface area contributed by atoms with Crippen molar-refractivity contribution in [3.63, 3.8) is 0 Å². The minimum atomic E-state index is -0.314. The smallest absolute Gasteiger partial charge is 0.261 e. The van der Waals surface area contributed by atoms with E-state index in [1.165, 1.54) is 17.0 Å². The molecule has 2 atom stereocenters. The fourth-order valence-corrected chi connectivity index (χ4v) is 3.83. The van der Waals surface area contributed by atoms with E-state index in [9.17, 15) is 14.0 Å². The summed E-state index contributed by atoms with van der Waals surface area (Å²) in [5, 5.41) is 0. The molecule has 2 amide bonds. The topological polar surface area (TPSA) is 55.8 Å². The first-order valence-electron chi connectivity index (χ1n) is 9.00. The fraction of sp³-hybridized carbons (Fsp3) is 0.333. The molecule has 1 fully saturated rings. The molecule has 140 valence electrons. The summed E-state index contributed by atoms with van der Waals surface area (Å²) in [7, 11) is 1.55. The van der Waals surface area contributed by atoms with E-state index in [2.05, 4.69) is 0 Å². The molecule has 0 aromatic heterocycles. The van der Waals surface area contributed by atoms with Crippen molar-refractivity contribution < 1.29 is 23.5 Å². The lowest BCUT2D eigenvalue weighted by Gasteiger charge is -2.20. The van der Waals surface area contributed by atoms with Crippen LogP contribution in [0.15, 0.2) is 42.5 Å². The summed E-state index contributed by atoms with van der Waals surface area (Å²) in [5.41, 5.74) is 1.65. The minimum Gasteiger partial charge on any atom is -0.496 e. The van der Waals surface area contributed by atoms with Crippen molar-refractivity contribution in [3.05, 3.63) is 65.0 Å². The Bertz CT molecular complexity index is 863. The Kier molecular flexibility index (Phi) is 4.66. The van der Waals surface area contributed by atoms with Crippen molar-refractivity contribution in [3.8, 4) is 5.75 Å². The Hall–Kier alpha value is -2.73. The third-order valence-corrected chi connectivity index (χ3v) is 5.15. The summed E-state index contributed by atoms with van der Waals surface area (Å²) in [4.78, 5) is 26.2. The summed E-state index contributed by atoms with van der Waals surface area (Å²) >= 11 is 0. The lowest BCUT2D eigenvalue weighted by Crippen LogP contribution is -2.37. The number of imide groups is 1. The number of rotatable bonds is 5. The van der Waals surface area contributed by atoms with Gasteiger partial charge in [0.05, 0.1) is 37.0 Å². The van der Waals surface area contributed by atoms with Crippen LogP contribution in [0.2, 0.25) is 0 Å². The number of hydrogen-bond acceptors (Lipinski definition) is 4. The van der Waals surface area contributed by atoms with Gasteiger partial charge in [0.1, 0.15) is 11.6 Å². The van der Waals surface area contributed by atoms with Crippen LogP contribution in [0.1, 0.15) is 39.1 Å². The molecule has 4 rings (SSSR count). The van der Waals surface area contributed by atoms with Crippen molar-refractivity contribution in [2.75, 3.05) is 13.7 Å². The molecule has 1 saturated heterocycles. The number of nitrogens with zero attached hydrogens (tertiary/aromatic N) is 1. The van der Waals surface area contributed by atoms with E-state index in [4.69, 9.17) is 9.47 Å². The standard InChI is InChI=1S/C21H20FNO4/c1-26-19-9-6-14(22)10-13(19)11-15-7-8-16(27-15)12-23-20(24)17-4-2-3-5-18(17)21(23)25/h2-6,9-10,15-16H,7-8,11-12H2,1H3. The molecule has 27 heavy (non-hydrogen) atoms. The molecule has 2 heterocycles. The van der Waals surface area contributed by atoms with Gasteiger partial charge in [-0.1, -0.05) is 12.1 Å². The third kappa shape index (κ3) is 3.32. The van der Waals surface area contributed by atoms with E-state index in [-0.39, 0.29) is 36.4 Å². The zero-order chi connectivity index (χ0) is 19.0. The molecule has 2 unspecified atom stereocenters. The average molecular weight is 369 g/mol. The number of carbonyl (C=O) groups is 2. The van der Waals surface area contributed by atoms with E-state index in [0.717, 1.165) is 18.4 Å². The molecule has 6 heteroatoms. The van der Waals surface area contributed by atoms with Crippen LogP contribution in [0.4, 0.5) is 4.39 Å². The largest absolute Gasteiger partial charge is 0.496 e. The summed E-state index contributed by atoms with van der Waals surface area (Å²) in [6.07, 6.45) is 1.75. The van der Waals surface area contributed by atoms with E-state index >= 15 is 0 Å². The van der Waals surface area contributed by atoms with Crippen LogP contribution in [-0.4, -0.2) is 42.6 Å². The summed E-state index contributed by atoms with van der Waals surface area (Å²) < 4.78 is 24.9. The van der Waals surface area contributed by atoms with Crippen LogP contribution in [-0.2, 0) is 11.2 Å². The maximum Gasteiger partial charge on any atom is 0.261 e. The summed E-state index contributed by atoms with van der Waals surface area (Å²) in [6, 6.07) is 11.3. The van der Waals surface area contributed by atoms with Crippen LogP contribution in [0.5, 0.6) is 5.75 Å². The van der Waals surface area contributed by atoms with Crippen molar-refractivity contribution in [2.45, 2.75) is 31.5 Å². The van der Waals surface area contributed by atoms with Crippen LogP contribution < -0.4 is 4.74 Å². The van der Waals surface area contributed by atoms with Crippen LogP contribution in [0.3, 0.4) is 0 Å². The number of ether oxygens (including phenoxy) is 2. The molecule has 0 saturated carbocycles. The van der Waals surface area contributed by atoms with Crippen LogP contribution >= 0.6 is 0 Å². The Morgan fingerprint density at radius 1 is 1.07 bits per heavy atom. The molecule has 2 aliphatic heterocycles. The van der Waals surface area contributed by atoms with Gasteiger partial charge in [-0.2, -0.15) is 0 Å². The van der Waals surface area contributed by atoms with Gasteiger partial charge >= 0.3 is 0 Å². The van der Waals surface area contributed by atoms with E-state index < -0.39 is 0 Å². The highest BCUT2D eigenvalue weighted by Crippen LogP contribution is 2.30. The first-order chi connectivity index (χ1) is 13.1. The van der Waals surface area contributed by atoms with Gasteiger partial charge in [0.25, 0.3) is 11.8 Å². The van der Waals surface area contributed by atoms with Gasteiger partial charge in [0.2, 0.25) is 0 Å². The first kappa shape index (κ1) is 17.7. The second-order valence-corrected chi connectivity index (χ2v) is 6.88. The van der Waals surface area contributed by atoms with Crippen molar-refractivity contribution in [2.24, 2.45) is 0 Å². The van der Waals surface area contributed by atoms with Gasteiger partial charge in [0, 0.05) is 6.42 Å². The first-order valence-corrected chi connectivity index (χ1v) is 9.00. The Labute approximate surface area is 156 Å². The number of amides is 2. The van der Waals surface area contributed by atoms with E-state index in [1.54, 1.807) is 37.4 Å². The van der Waals surface area contributed by atoms with E-state index in [0.29, 0.717) is 23.3 Å². The number of halogens is 1. The molecular weight excluding hydrogens is 349 g/mol. The quantitative estimate of drug-likeness (QED) is 0.760. The van der Waals surface area contributed by atoms with Crippen molar-refractivity contribution in [1.82, 2.24) is 4.90 Å². The second-order valence-electron chi connectivity index (χ2n) is 6.88. The number of hydrogen-bond donors (Lipinski definition) is 0. The highest BCUT2D eigenvalue weighted by atomic mass is 19.1. The van der Waals surface area contributed by atoms with Gasteiger partial charge in [-0.05, 0) is 48.7 Å². The molecule has 0 bridgehead atoms. The lowest BCUT2D eigenvalue weighted by molar-refractivity contribution is 0.0223. The Morgan fingerprint density at radius 2 is 1.74 bits per heavy atom. The summed E-state index contributed by atoms with van der Waals surface area (Å²) in [5.74, 6) is -0.223. The maximum absolute atomic E-state index is 13.5. The third-order valence-electron chi connectivity index (χ3n) is 5.15. The molecular formula is C21H20FNO4. The molecule has 0 N–H and O–H groups in total. The van der Waals surface area contributed by atoms with Gasteiger partial charge < -0.3 is 9.47 Å².